The maximum Gasteiger partial charge on any atom is 0.346 e. The number of nitrogens with zero attached hydrogens (tertiary/aromatic N) is 4. The van der Waals surface area contributed by atoms with E-state index in [4.69, 9.17) is 50.9 Å². The van der Waals surface area contributed by atoms with Crippen LogP contribution in [0.3, 0.4) is 0 Å². The molecule has 0 aliphatic carbocycles. The first-order chi connectivity index (χ1) is 21.1. The SMILES string of the molecule is O=C(c1ccc(CS(=O)(=O)CCOP(=O)(N(CCCl)CCCl)N(CCCl)CCCl)cc1)N1CCN(C(=O)c2cccs2)CC1. The standard InChI is InChI=1S/C27H37Cl4N4O6PS2/c28-7-11-34(12-8-29)42(38,35(13-9-30)14-10-31)41-19-21-44(39,40)22-23-3-5-24(6-4-23)26(36)32-15-17-33(18-16-32)27(37)25-2-1-20-43-25/h1-6,20H,7-19,21-22H2. The molecule has 246 valence electrons. The molecule has 10 nitrogen and oxygen atoms in total. The number of carbonyl (C=O) groups is 2. The van der Waals surface area contributed by atoms with Crippen molar-refractivity contribution in [2.75, 3.05) is 88.2 Å². The van der Waals surface area contributed by atoms with E-state index in [1.807, 2.05) is 11.4 Å². The van der Waals surface area contributed by atoms with Gasteiger partial charge in [-0.3, -0.25) is 14.2 Å². The van der Waals surface area contributed by atoms with E-state index >= 15 is 0 Å². The minimum Gasteiger partial charge on any atom is -0.335 e. The van der Waals surface area contributed by atoms with Gasteiger partial charge in [0, 0.05) is 81.4 Å². The molecule has 2 heterocycles. The molecule has 0 radical (unpaired) electrons. The van der Waals surface area contributed by atoms with Crippen LogP contribution in [0.5, 0.6) is 0 Å². The molecule has 0 N–H and O–H groups in total. The van der Waals surface area contributed by atoms with Crippen molar-refractivity contribution in [2.24, 2.45) is 0 Å². The molecule has 44 heavy (non-hydrogen) atoms. The van der Waals surface area contributed by atoms with Crippen molar-refractivity contribution in [1.29, 1.82) is 0 Å². The summed E-state index contributed by atoms with van der Waals surface area (Å²) < 4.78 is 48.9. The Morgan fingerprint density at radius 3 is 1.77 bits per heavy atom. The van der Waals surface area contributed by atoms with Gasteiger partial charge in [0.25, 0.3) is 11.8 Å². The Morgan fingerprint density at radius 1 is 0.818 bits per heavy atom. The summed E-state index contributed by atoms with van der Waals surface area (Å²) in [6.45, 7) is 2.26. The minimum atomic E-state index is -3.73. The molecule has 0 bridgehead atoms. The van der Waals surface area contributed by atoms with E-state index in [0.717, 1.165) is 0 Å². The molecule has 0 spiro atoms. The first-order valence-electron chi connectivity index (χ1n) is 14.0. The van der Waals surface area contributed by atoms with Gasteiger partial charge in [-0.25, -0.2) is 17.8 Å². The van der Waals surface area contributed by atoms with Crippen LogP contribution in [0.25, 0.3) is 0 Å². The zero-order valence-electron chi connectivity index (χ0n) is 24.2. The van der Waals surface area contributed by atoms with Gasteiger partial charge in [0.05, 0.1) is 23.0 Å². The van der Waals surface area contributed by atoms with Crippen LogP contribution in [0.1, 0.15) is 25.6 Å². The van der Waals surface area contributed by atoms with Gasteiger partial charge in [0.1, 0.15) is 0 Å². The molecule has 1 aliphatic rings. The number of hydrogen-bond acceptors (Lipinski definition) is 7. The van der Waals surface area contributed by atoms with E-state index in [9.17, 15) is 22.6 Å². The molecule has 2 aromatic rings. The van der Waals surface area contributed by atoms with Gasteiger partial charge >= 0.3 is 7.67 Å². The topological polar surface area (TPSA) is 108 Å². The van der Waals surface area contributed by atoms with Gasteiger partial charge in [-0.15, -0.1) is 57.7 Å². The van der Waals surface area contributed by atoms with E-state index in [-0.39, 0.29) is 79.6 Å². The second-order valence-electron chi connectivity index (χ2n) is 9.84. The number of benzene rings is 1. The normalized spacial score (nSPS) is 14.5. The molecular formula is C27H37Cl4N4O6PS2. The molecule has 0 atom stereocenters. The van der Waals surface area contributed by atoms with Crippen molar-refractivity contribution < 1.29 is 27.1 Å². The average Bonchev–Trinajstić information content (AvgIpc) is 3.55. The Balaban J connectivity index is 1.57. The van der Waals surface area contributed by atoms with Crippen molar-refractivity contribution in [2.45, 2.75) is 5.75 Å². The fraction of sp³-hybridized carbons (Fsp3) is 0.556. The lowest BCUT2D eigenvalue weighted by Crippen LogP contribution is -2.50. The Morgan fingerprint density at radius 2 is 1.32 bits per heavy atom. The first kappa shape index (κ1) is 37.5. The number of sulfone groups is 1. The van der Waals surface area contributed by atoms with Crippen molar-refractivity contribution in [3.63, 3.8) is 0 Å². The Kier molecular flexibility index (Phi) is 15.7. The van der Waals surface area contributed by atoms with Crippen molar-refractivity contribution >= 4 is 87.1 Å². The summed E-state index contributed by atoms with van der Waals surface area (Å²) in [5, 5.41) is 1.86. The fourth-order valence-electron chi connectivity index (χ4n) is 4.67. The zero-order valence-corrected chi connectivity index (χ0v) is 29.7. The highest BCUT2D eigenvalue weighted by Gasteiger charge is 2.38. The second kappa shape index (κ2) is 18.4. The molecule has 17 heteroatoms. The van der Waals surface area contributed by atoms with Crippen LogP contribution in [-0.2, 0) is 24.7 Å². The van der Waals surface area contributed by atoms with Crippen LogP contribution in [0.15, 0.2) is 41.8 Å². The van der Waals surface area contributed by atoms with Crippen molar-refractivity contribution in [3.8, 4) is 0 Å². The average molecular weight is 751 g/mol. The number of halogens is 4. The first-order valence-corrected chi connectivity index (χ1v) is 20.4. The third-order valence-corrected chi connectivity index (χ3v) is 12.8. The summed E-state index contributed by atoms with van der Waals surface area (Å²) >= 11 is 25.1. The monoisotopic (exact) mass is 748 g/mol. The number of hydrogen-bond donors (Lipinski definition) is 0. The molecule has 1 fully saturated rings. The van der Waals surface area contributed by atoms with Gasteiger partial charge in [-0.1, -0.05) is 18.2 Å². The summed E-state index contributed by atoms with van der Waals surface area (Å²) in [5.74, 6) is -0.190. The third-order valence-electron chi connectivity index (χ3n) is 6.91. The summed E-state index contributed by atoms with van der Waals surface area (Å²) in [6, 6.07) is 10.1. The fourth-order valence-corrected chi connectivity index (χ4v) is 10.4. The van der Waals surface area contributed by atoms with Crippen molar-refractivity contribution in [3.05, 3.63) is 57.8 Å². The highest BCUT2D eigenvalue weighted by Crippen LogP contribution is 2.54. The van der Waals surface area contributed by atoms with E-state index in [1.54, 1.807) is 40.1 Å². The van der Waals surface area contributed by atoms with Crippen LogP contribution >= 0.6 is 65.4 Å². The van der Waals surface area contributed by atoms with Gasteiger partial charge in [0.15, 0.2) is 9.84 Å². The highest BCUT2D eigenvalue weighted by molar-refractivity contribution is 7.90. The van der Waals surface area contributed by atoms with Gasteiger partial charge in [-0.2, -0.15) is 0 Å². The number of carbonyl (C=O) groups excluding carboxylic acids is 2. The Hall–Kier alpha value is -0.920. The lowest BCUT2D eigenvalue weighted by atomic mass is 10.1. The second-order valence-corrected chi connectivity index (χ2v) is 16.9. The predicted octanol–water partition coefficient (Wildman–Crippen LogP) is 4.95. The number of alkyl halides is 4. The van der Waals surface area contributed by atoms with Crippen LogP contribution in [0, 0.1) is 0 Å². The van der Waals surface area contributed by atoms with Crippen LogP contribution in [-0.4, -0.2) is 128 Å². The van der Waals surface area contributed by atoms with Crippen LogP contribution in [0.2, 0.25) is 0 Å². The Bertz CT molecular complexity index is 1310. The molecule has 2 amide bonds. The molecular weight excluding hydrogens is 713 g/mol. The van der Waals surface area contributed by atoms with Gasteiger partial charge < -0.3 is 14.3 Å². The largest absolute Gasteiger partial charge is 0.346 e. The quantitative estimate of drug-likeness (QED) is 0.156. The highest BCUT2D eigenvalue weighted by atomic mass is 35.5. The lowest BCUT2D eigenvalue weighted by molar-refractivity contribution is 0.0538. The van der Waals surface area contributed by atoms with Crippen molar-refractivity contribution in [1.82, 2.24) is 19.1 Å². The number of thiophene rings is 1. The smallest absolute Gasteiger partial charge is 0.335 e. The molecule has 1 saturated heterocycles. The number of piperazine rings is 1. The number of rotatable bonds is 18. The van der Waals surface area contributed by atoms with E-state index in [2.05, 4.69) is 0 Å². The molecule has 1 aromatic heterocycles. The van der Waals surface area contributed by atoms with Crippen LogP contribution in [0.4, 0.5) is 0 Å². The maximum absolute atomic E-state index is 14.1. The Labute approximate surface area is 283 Å². The van der Waals surface area contributed by atoms with E-state index in [1.165, 1.54) is 20.7 Å². The summed E-state index contributed by atoms with van der Waals surface area (Å²) in [5.41, 5.74) is 0.943. The van der Waals surface area contributed by atoms with Gasteiger partial charge in [-0.05, 0) is 29.1 Å². The van der Waals surface area contributed by atoms with E-state index < -0.39 is 17.5 Å². The summed E-state index contributed by atoms with van der Waals surface area (Å²) in [4.78, 5) is 29.7. The summed E-state index contributed by atoms with van der Waals surface area (Å²) in [7, 11) is -7.39. The lowest BCUT2D eigenvalue weighted by Gasteiger charge is -2.37. The predicted molar refractivity (Wildman–Crippen MR) is 180 cm³/mol. The molecule has 1 aromatic carbocycles. The summed E-state index contributed by atoms with van der Waals surface area (Å²) in [6.07, 6.45) is 0. The molecule has 1 aliphatic heterocycles. The third kappa shape index (κ3) is 10.6. The van der Waals surface area contributed by atoms with Crippen LogP contribution < -0.4 is 0 Å². The number of amides is 2. The molecule has 0 unspecified atom stereocenters. The zero-order chi connectivity index (χ0) is 32.2. The minimum absolute atomic E-state index is 0.0310. The van der Waals surface area contributed by atoms with E-state index in [0.29, 0.717) is 42.2 Å². The molecule has 3 rings (SSSR count). The maximum atomic E-state index is 14.1. The molecule has 0 saturated carbocycles. The van der Waals surface area contributed by atoms with Gasteiger partial charge in [0.2, 0.25) is 0 Å².